The monoisotopic (exact) mass is 269 g/mol. The van der Waals surface area contributed by atoms with Crippen LogP contribution in [-0.4, -0.2) is 41.8 Å². The zero-order valence-corrected chi connectivity index (χ0v) is 11.4. The number of hydrogen-bond acceptors (Lipinski definition) is 3. The second-order valence-electron chi connectivity index (χ2n) is 4.37. The second kappa shape index (κ2) is 5.89. The molecule has 1 aliphatic rings. The first-order valence-electron chi connectivity index (χ1n) is 5.73. The molecule has 1 atom stereocenters. The van der Waals surface area contributed by atoms with Crippen LogP contribution in [-0.2, 0) is 0 Å². The molecule has 1 aromatic carbocycles. The lowest BCUT2D eigenvalue weighted by Gasteiger charge is -2.22. The van der Waals surface area contributed by atoms with E-state index in [1.165, 1.54) is 12.2 Å². The maximum Gasteiger partial charge on any atom is 0.176 e. The lowest BCUT2D eigenvalue weighted by molar-refractivity contribution is 0.0927. The van der Waals surface area contributed by atoms with E-state index in [4.69, 9.17) is 11.6 Å². The van der Waals surface area contributed by atoms with Crippen LogP contribution in [0.1, 0.15) is 16.8 Å². The number of hydrogen-bond donors (Lipinski definition) is 0. The fourth-order valence-corrected chi connectivity index (χ4v) is 3.47. The van der Waals surface area contributed by atoms with Gasteiger partial charge in [0.25, 0.3) is 0 Å². The molecule has 0 aromatic heterocycles. The number of ketones is 1. The SMILES string of the molecule is CN(CC(=O)c1cccc(Cl)c1)C1CCSC1. The number of nitrogens with zero attached hydrogens (tertiary/aromatic N) is 1. The Morgan fingerprint density at radius 2 is 2.41 bits per heavy atom. The van der Waals surface area contributed by atoms with Gasteiger partial charge in [-0.25, -0.2) is 0 Å². The summed E-state index contributed by atoms with van der Waals surface area (Å²) in [6, 6.07) is 7.71. The molecule has 4 heteroatoms. The molecule has 1 saturated heterocycles. The highest BCUT2D eigenvalue weighted by atomic mass is 35.5. The van der Waals surface area contributed by atoms with E-state index in [0.717, 1.165) is 5.75 Å². The fourth-order valence-electron chi connectivity index (χ4n) is 1.98. The van der Waals surface area contributed by atoms with E-state index < -0.39 is 0 Å². The summed E-state index contributed by atoms with van der Waals surface area (Å²) in [7, 11) is 2.03. The van der Waals surface area contributed by atoms with E-state index in [-0.39, 0.29) is 5.78 Å². The van der Waals surface area contributed by atoms with E-state index in [9.17, 15) is 4.79 Å². The molecule has 1 aromatic rings. The molecule has 0 aliphatic carbocycles. The smallest absolute Gasteiger partial charge is 0.176 e. The van der Waals surface area contributed by atoms with Crippen molar-refractivity contribution in [3.05, 3.63) is 34.9 Å². The molecule has 0 spiro atoms. The first-order valence-corrected chi connectivity index (χ1v) is 7.27. The summed E-state index contributed by atoms with van der Waals surface area (Å²) in [5.74, 6) is 2.49. The molecule has 0 N–H and O–H groups in total. The minimum absolute atomic E-state index is 0.145. The third-order valence-corrected chi connectivity index (χ3v) is 4.45. The van der Waals surface area contributed by atoms with Gasteiger partial charge in [0.05, 0.1) is 6.54 Å². The summed E-state index contributed by atoms with van der Waals surface area (Å²) in [6.07, 6.45) is 1.18. The summed E-state index contributed by atoms with van der Waals surface area (Å²) in [5.41, 5.74) is 0.704. The largest absolute Gasteiger partial charge is 0.295 e. The summed E-state index contributed by atoms with van der Waals surface area (Å²) >= 11 is 7.85. The Morgan fingerprint density at radius 3 is 3.06 bits per heavy atom. The highest BCUT2D eigenvalue weighted by Crippen LogP contribution is 2.21. The van der Waals surface area contributed by atoms with Crippen molar-refractivity contribution in [2.24, 2.45) is 0 Å². The van der Waals surface area contributed by atoms with Gasteiger partial charge in [-0.05, 0) is 31.4 Å². The van der Waals surface area contributed by atoms with Crippen molar-refractivity contribution in [3.8, 4) is 0 Å². The molecule has 17 heavy (non-hydrogen) atoms. The van der Waals surface area contributed by atoms with Gasteiger partial charge in [-0.2, -0.15) is 11.8 Å². The van der Waals surface area contributed by atoms with Gasteiger partial charge in [0, 0.05) is 22.4 Å². The number of carbonyl (C=O) groups excluding carboxylic acids is 1. The number of Topliss-reactive ketones (excluding diaryl/α,β-unsaturated/α-hetero) is 1. The first kappa shape index (κ1) is 12.9. The van der Waals surface area contributed by atoms with Crippen molar-refractivity contribution >= 4 is 29.1 Å². The molecule has 0 saturated carbocycles. The summed E-state index contributed by atoms with van der Waals surface area (Å²) in [5, 5.41) is 0.620. The predicted molar refractivity (Wildman–Crippen MR) is 74.1 cm³/mol. The average Bonchev–Trinajstić information content (AvgIpc) is 2.82. The third kappa shape index (κ3) is 3.47. The first-order chi connectivity index (χ1) is 8.16. The van der Waals surface area contributed by atoms with Crippen LogP contribution in [0.3, 0.4) is 0 Å². The van der Waals surface area contributed by atoms with Gasteiger partial charge in [0.1, 0.15) is 0 Å². The maximum absolute atomic E-state index is 12.1. The highest BCUT2D eigenvalue weighted by molar-refractivity contribution is 7.99. The lowest BCUT2D eigenvalue weighted by atomic mass is 10.1. The molecule has 2 rings (SSSR count). The molecule has 0 radical (unpaired) electrons. The summed E-state index contributed by atoms with van der Waals surface area (Å²) in [4.78, 5) is 14.2. The maximum atomic E-state index is 12.1. The standard InChI is InChI=1S/C13H16ClNOS/c1-15(12-5-6-17-9-12)8-13(16)10-3-2-4-11(14)7-10/h2-4,7,12H,5-6,8-9H2,1H3. The molecule has 1 heterocycles. The Hall–Kier alpha value is -0.510. The Kier molecular flexibility index (Phi) is 4.48. The Morgan fingerprint density at radius 1 is 1.59 bits per heavy atom. The minimum atomic E-state index is 0.145. The van der Waals surface area contributed by atoms with Crippen LogP contribution in [0.4, 0.5) is 0 Å². The van der Waals surface area contributed by atoms with E-state index in [2.05, 4.69) is 4.90 Å². The topological polar surface area (TPSA) is 20.3 Å². The van der Waals surface area contributed by atoms with Gasteiger partial charge in [-0.3, -0.25) is 9.69 Å². The molecule has 0 amide bonds. The number of thioether (sulfide) groups is 1. The molecule has 0 bridgehead atoms. The van der Waals surface area contributed by atoms with E-state index in [1.54, 1.807) is 12.1 Å². The summed E-state index contributed by atoms with van der Waals surface area (Å²) < 4.78 is 0. The molecular formula is C13H16ClNOS. The van der Waals surface area contributed by atoms with Crippen LogP contribution >= 0.6 is 23.4 Å². The second-order valence-corrected chi connectivity index (χ2v) is 5.95. The minimum Gasteiger partial charge on any atom is -0.295 e. The van der Waals surface area contributed by atoms with Gasteiger partial charge >= 0.3 is 0 Å². The van der Waals surface area contributed by atoms with Crippen molar-refractivity contribution in [1.82, 2.24) is 4.90 Å². The Balaban J connectivity index is 1.96. The highest BCUT2D eigenvalue weighted by Gasteiger charge is 2.21. The number of halogens is 1. The van der Waals surface area contributed by atoms with Crippen LogP contribution in [0.5, 0.6) is 0 Å². The summed E-state index contributed by atoms with van der Waals surface area (Å²) in [6.45, 7) is 0.478. The average molecular weight is 270 g/mol. The zero-order valence-electron chi connectivity index (χ0n) is 9.86. The molecule has 1 unspecified atom stereocenters. The Bertz CT molecular complexity index is 404. The van der Waals surface area contributed by atoms with Crippen molar-refractivity contribution in [3.63, 3.8) is 0 Å². The third-order valence-electron chi connectivity index (χ3n) is 3.07. The molecular weight excluding hydrogens is 254 g/mol. The zero-order chi connectivity index (χ0) is 12.3. The van der Waals surface area contributed by atoms with Gasteiger partial charge < -0.3 is 0 Å². The number of rotatable bonds is 4. The van der Waals surface area contributed by atoms with Crippen molar-refractivity contribution in [2.45, 2.75) is 12.5 Å². The molecule has 2 nitrogen and oxygen atoms in total. The van der Waals surface area contributed by atoms with Gasteiger partial charge in [-0.15, -0.1) is 0 Å². The predicted octanol–water partition coefficient (Wildman–Crippen LogP) is 2.96. The van der Waals surface area contributed by atoms with Gasteiger partial charge in [-0.1, -0.05) is 23.7 Å². The van der Waals surface area contributed by atoms with E-state index in [0.29, 0.717) is 23.2 Å². The quantitative estimate of drug-likeness (QED) is 0.784. The fraction of sp³-hybridized carbons (Fsp3) is 0.462. The number of likely N-dealkylation sites (N-methyl/N-ethyl adjacent to an activating group) is 1. The molecule has 1 fully saturated rings. The van der Waals surface area contributed by atoms with E-state index in [1.807, 2.05) is 30.9 Å². The normalized spacial score (nSPS) is 19.8. The number of carbonyl (C=O) groups is 1. The molecule has 92 valence electrons. The van der Waals surface area contributed by atoms with E-state index >= 15 is 0 Å². The van der Waals surface area contributed by atoms with Crippen LogP contribution in [0.15, 0.2) is 24.3 Å². The number of benzene rings is 1. The van der Waals surface area contributed by atoms with Crippen molar-refractivity contribution < 1.29 is 4.79 Å². The Labute approximate surface area is 111 Å². The lowest BCUT2D eigenvalue weighted by Crippen LogP contribution is -2.35. The van der Waals surface area contributed by atoms with Crippen molar-refractivity contribution in [1.29, 1.82) is 0 Å². The molecule has 1 aliphatic heterocycles. The van der Waals surface area contributed by atoms with Crippen LogP contribution in [0.25, 0.3) is 0 Å². The van der Waals surface area contributed by atoms with Crippen molar-refractivity contribution in [2.75, 3.05) is 25.1 Å². The van der Waals surface area contributed by atoms with Crippen LogP contribution in [0.2, 0.25) is 5.02 Å². The van der Waals surface area contributed by atoms with Gasteiger partial charge in [0.15, 0.2) is 5.78 Å². The van der Waals surface area contributed by atoms with Crippen LogP contribution < -0.4 is 0 Å². The van der Waals surface area contributed by atoms with Gasteiger partial charge in [0.2, 0.25) is 0 Å². The van der Waals surface area contributed by atoms with Crippen LogP contribution in [0, 0.1) is 0 Å².